The lowest BCUT2D eigenvalue weighted by Gasteiger charge is -2.13. The second kappa shape index (κ2) is 5.49. The number of hydrogen-bond donors (Lipinski definition) is 0. The normalized spacial score (nSPS) is 12.4. The monoisotopic (exact) mass is 364 g/mol. The van der Waals surface area contributed by atoms with E-state index in [9.17, 15) is 13.2 Å². The molecule has 3 aromatic heterocycles. The lowest BCUT2D eigenvalue weighted by Crippen LogP contribution is -2.17. The van der Waals surface area contributed by atoms with Crippen LogP contribution in [0.3, 0.4) is 0 Å². The number of alkyl halides is 3. The van der Waals surface area contributed by atoms with Crippen molar-refractivity contribution in [3.63, 3.8) is 0 Å². The SMILES string of the molecule is Cn1cc(-c2cc(Cl)cc3c4ccncc4n(CC(F)(F)F)c23)cn1. The van der Waals surface area contributed by atoms with E-state index in [1.54, 1.807) is 48.5 Å². The summed E-state index contributed by atoms with van der Waals surface area (Å²) in [7, 11) is 1.75. The Morgan fingerprint density at radius 2 is 1.96 bits per heavy atom. The first-order valence-electron chi connectivity index (χ1n) is 7.45. The molecule has 0 radical (unpaired) electrons. The van der Waals surface area contributed by atoms with Gasteiger partial charge in [0.15, 0.2) is 0 Å². The van der Waals surface area contributed by atoms with Crippen LogP contribution in [0.2, 0.25) is 5.02 Å². The maximum atomic E-state index is 13.2. The summed E-state index contributed by atoms with van der Waals surface area (Å²) in [5.74, 6) is 0. The Labute approximate surface area is 145 Å². The molecule has 0 N–H and O–H groups in total. The van der Waals surface area contributed by atoms with Gasteiger partial charge in [-0.05, 0) is 18.2 Å². The number of benzene rings is 1. The van der Waals surface area contributed by atoms with Crippen LogP contribution >= 0.6 is 11.6 Å². The molecular weight excluding hydrogens is 353 g/mol. The minimum atomic E-state index is -4.36. The topological polar surface area (TPSA) is 35.6 Å². The van der Waals surface area contributed by atoms with Crippen molar-refractivity contribution in [1.29, 1.82) is 0 Å². The van der Waals surface area contributed by atoms with Crippen LogP contribution in [0.15, 0.2) is 43.0 Å². The molecular formula is C17H12ClF3N4. The number of aromatic nitrogens is 4. The standard InChI is InChI=1S/C17H12ClF3N4/c1-24-8-10(6-23-24)13-4-11(18)5-14-12-2-3-22-7-15(12)25(16(13)14)9-17(19,20)21/h2-8H,9H2,1H3. The van der Waals surface area contributed by atoms with Crippen molar-refractivity contribution < 1.29 is 13.2 Å². The molecule has 0 bridgehead atoms. The predicted octanol–water partition coefficient (Wildman–Crippen LogP) is 4.81. The summed E-state index contributed by atoms with van der Waals surface area (Å²) in [6.45, 7) is -1.10. The van der Waals surface area contributed by atoms with E-state index in [-0.39, 0.29) is 0 Å². The van der Waals surface area contributed by atoms with Crippen LogP contribution in [0.1, 0.15) is 0 Å². The molecule has 4 aromatic rings. The zero-order valence-corrected chi connectivity index (χ0v) is 13.8. The molecule has 0 aliphatic heterocycles. The lowest BCUT2D eigenvalue weighted by molar-refractivity contribution is -0.139. The highest BCUT2D eigenvalue weighted by Crippen LogP contribution is 2.39. The second-order valence-electron chi connectivity index (χ2n) is 5.85. The quantitative estimate of drug-likeness (QED) is 0.512. The Hall–Kier alpha value is -2.54. The van der Waals surface area contributed by atoms with E-state index < -0.39 is 12.7 Å². The molecule has 0 saturated heterocycles. The van der Waals surface area contributed by atoms with Crippen LogP contribution in [-0.2, 0) is 13.6 Å². The molecule has 1 aromatic carbocycles. The van der Waals surface area contributed by atoms with Crippen LogP contribution in [0.5, 0.6) is 0 Å². The van der Waals surface area contributed by atoms with Gasteiger partial charge in [-0.15, -0.1) is 0 Å². The van der Waals surface area contributed by atoms with Gasteiger partial charge in [0, 0.05) is 46.4 Å². The Balaban J connectivity index is 2.15. The Morgan fingerprint density at radius 1 is 1.16 bits per heavy atom. The van der Waals surface area contributed by atoms with E-state index in [0.717, 1.165) is 0 Å². The lowest BCUT2D eigenvalue weighted by atomic mass is 10.1. The third-order valence-corrected chi connectivity index (χ3v) is 4.30. The highest BCUT2D eigenvalue weighted by molar-refractivity contribution is 6.32. The minimum absolute atomic E-state index is 0.419. The first kappa shape index (κ1) is 16.0. The van der Waals surface area contributed by atoms with Gasteiger partial charge in [0.2, 0.25) is 0 Å². The summed E-state index contributed by atoms with van der Waals surface area (Å²) in [4.78, 5) is 3.99. The Bertz CT molecular complexity index is 1090. The van der Waals surface area contributed by atoms with E-state index in [4.69, 9.17) is 11.6 Å². The van der Waals surface area contributed by atoms with Gasteiger partial charge in [-0.25, -0.2) is 0 Å². The van der Waals surface area contributed by atoms with Gasteiger partial charge < -0.3 is 4.57 Å². The van der Waals surface area contributed by atoms with Crippen LogP contribution in [0.4, 0.5) is 13.2 Å². The number of hydrogen-bond acceptors (Lipinski definition) is 2. The fraction of sp³-hybridized carbons (Fsp3) is 0.176. The predicted molar refractivity (Wildman–Crippen MR) is 90.5 cm³/mol. The first-order chi connectivity index (χ1) is 11.8. The van der Waals surface area contributed by atoms with E-state index in [0.29, 0.717) is 38.0 Å². The molecule has 0 unspecified atom stereocenters. The summed E-state index contributed by atoms with van der Waals surface area (Å²) < 4.78 is 42.5. The van der Waals surface area contributed by atoms with Gasteiger partial charge in [0.25, 0.3) is 0 Å². The zero-order valence-electron chi connectivity index (χ0n) is 13.0. The highest BCUT2D eigenvalue weighted by atomic mass is 35.5. The van der Waals surface area contributed by atoms with Gasteiger partial charge in [-0.2, -0.15) is 18.3 Å². The molecule has 3 heterocycles. The van der Waals surface area contributed by atoms with Gasteiger partial charge in [0.05, 0.1) is 23.4 Å². The summed E-state index contributed by atoms with van der Waals surface area (Å²) in [6.07, 6.45) is 2.00. The van der Waals surface area contributed by atoms with E-state index in [1.165, 1.54) is 10.8 Å². The molecule has 0 aliphatic carbocycles. The number of fused-ring (bicyclic) bond motifs is 3. The number of aryl methyl sites for hydroxylation is 1. The average Bonchev–Trinajstić information content (AvgIpc) is 3.09. The van der Waals surface area contributed by atoms with Crippen molar-refractivity contribution in [2.45, 2.75) is 12.7 Å². The molecule has 0 aliphatic rings. The Morgan fingerprint density at radius 3 is 2.64 bits per heavy atom. The molecule has 8 heteroatoms. The summed E-state index contributed by atoms with van der Waals surface area (Å²) >= 11 is 6.25. The fourth-order valence-electron chi connectivity index (χ4n) is 3.17. The third kappa shape index (κ3) is 2.74. The molecule has 0 atom stereocenters. The second-order valence-corrected chi connectivity index (χ2v) is 6.28. The van der Waals surface area contributed by atoms with Gasteiger partial charge in [-0.3, -0.25) is 9.67 Å². The van der Waals surface area contributed by atoms with Gasteiger partial charge in [-0.1, -0.05) is 11.6 Å². The highest BCUT2D eigenvalue weighted by Gasteiger charge is 2.30. The number of pyridine rings is 1. The van der Waals surface area contributed by atoms with Crippen LogP contribution in [0, 0.1) is 0 Å². The van der Waals surface area contributed by atoms with Crippen molar-refractivity contribution in [3.8, 4) is 11.1 Å². The molecule has 128 valence electrons. The maximum absolute atomic E-state index is 13.2. The fourth-order valence-corrected chi connectivity index (χ4v) is 3.39. The zero-order chi connectivity index (χ0) is 17.8. The van der Waals surface area contributed by atoms with E-state index in [2.05, 4.69) is 10.1 Å². The van der Waals surface area contributed by atoms with Crippen LogP contribution in [0.25, 0.3) is 32.9 Å². The van der Waals surface area contributed by atoms with Crippen molar-refractivity contribution >= 4 is 33.4 Å². The molecule has 25 heavy (non-hydrogen) atoms. The summed E-state index contributed by atoms with van der Waals surface area (Å²) in [5, 5.41) is 5.91. The molecule has 0 fully saturated rings. The molecule has 4 rings (SSSR count). The number of rotatable bonds is 2. The minimum Gasteiger partial charge on any atom is -0.329 e. The van der Waals surface area contributed by atoms with Crippen molar-refractivity contribution in [2.24, 2.45) is 7.05 Å². The summed E-state index contributed by atoms with van der Waals surface area (Å²) in [6, 6.07) is 5.06. The summed E-state index contributed by atoms with van der Waals surface area (Å²) in [5.41, 5.74) is 2.20. The average molecular weight is 365 g/mol. The number of nitrogens with zero attached hydrogens (tertiary/aromatic N) is 4. The first-order valence-corrected chi connectivity index (χ1v) is 7.82. The molecule has 0 spiro atoms. The smallest absolute Gasteiger partial charge is 0.329 e. The van der Waals surface area contributed by atoms with Crippen molar-refractivity contribution in [2.75, 3.05) is 0 Å². The largest absolute Gasteiger partial charge is 0.406 e. The van der Waals surface area contributed by atoms with Crippen molar-refractivity contribution in [1.82, 2.24) is 19.3 Å². The van der Waals surface area contributed by atoms with E-state index in [1.807, 2.05) is 0 Å². The van der Waals surface area contributed by atoms with Gasteiger partial charge >= 0.3 is 6.18 Å². The third-order valence-electron chi connectivity index (χ3n) is 4.08. The van der Waals surface area contributed by atoms with E-state index >= 15 is 0 Å². The maximum Gasteiger partial charge on any atom is 0.406 e. The van der Waals surface area contributed by atoms with Crippen LogP contribution < -0.4 is 0 Å². The van der Waals surface area contributed by atoms with Crippen molar-refractivity contribution in [3.05, 3.63) is 48.0 Å². The number of halogens is 4. The molecule has 0 saturated carbocycles. The molecule has 4 nitrogen and oxygen atoms in total. The molecule has 0 amide bonds. The van der Waals surface area contributed by atoms with Crippen LogP contribution in [-0.4, -0.2) is 25.5 Å². The Kier molecular flexibility index (Phi) is 3.50. The van der Waals surface area contributed by atoms with Gasteiger partial charge in [0.1, 0.15) is 6.54 Å².